The molecule has 292 valence electrons. The molecule has 0 unspecified atom stereocenters. The van der Waals surface area contributed by atoms with Crippen LogP contribution in [0.15, 0.2) is 231 Å². The molecule has 2 aromatic heterocycles. The van der Waals surface area contributed by atoms with Crippen LogP contribution in [-0.4, -0.2) is 9.55 Å². The average Bonchev–Trinajstić information content (AvgIpc) is 3.68. The van der Waals surface area contributed by atoms with Crippen LogP contribution < -0.4 is 0 Å². The summed E-state index contributed by atoms with van der Waals surface area (Å²) in [5.74, 6) is 0. The maximum atomic E-state index is 5.29. The molecule has 13 aromatic rings. The first kappa shape index (κ1) is 35.4. The van der Waals surface area contributed by atoms with E-state index in [9.17, 15) is 0 Å². The smallest absolute Gasteiger partial charge is 0.0730 e. The van der Waals surface area contributed by atoms with E-state index in [1.54, 1.807) is 0 Å². The Morgan fingerprint density at radius 1 is 0.254 bits per heavy atom. The third-order valence-corrected chi connectivity index (χ3v) is 13.1. The Bertz CT molecular complexity index is 3890. The van der Waals surface area contributed by atoms with Crippen molar-refractivity contribution in [1.29, 1.82) is 0 Å². The van der Waals surface area contributed by atoms with Crippen LogP contribution in [0.3, 0.4) is 0 Å². The normalized spacial score (nSPS) is 11.8. The molecule has 0 saturated carbocycles. The number of rotatable bonds is 5. The summed E-state index contributed by atoms with van der Waals surface area (Å²) in [5, 5.41) is 14.9. The Labute approximate surface area is 364 Å². The molecule has 11 aromatic carbocycles. The van der Waals surface area contributed by atoms with E-state index < -0.39 is 0 Å². The van der Waals surface area contributed by atoms with Crippen molar-refractivity contribution in [1.82, 2.24) is 9.55 Å². The summed E-state index contributed by atoms with van der Waals surface area (Å²) < 4.78 is 2.47. The van der Waals surface area contributed by atoms with E-state index in [1.165, 1.54) is 86.9 Å². The van der Waals surface area contributed by atoms with Gasteiger partial charge in [-0.05, 0) is 125 Å². The molecule has 63 heavy (non-hydrogen) atoms. The van der Waals surface area contributed by atoms with Gasteiger partial charge in [-0.3, -0.25) is 0 Å². The Hall–Kier alpha value is -8.33. The Morgan fingerprint density at radius 2 is 0.778 bits per heavy atom. The monoisotopic (exact) mass is 798 g/mol. The van der Waals surface area contributed by atoms with E-state index in [0.29, 0.717) is 0 Å². The minimum Gasteiger partial charge on any atom is -0.309 e. The molecule has 2 heteroatoms. The molecule has 2 heterocycles. The topological polar surface area (TPSA) is 17.8 Å². The van der Waals surface area contributed by atoms with Gasteiger partial charge in [0.05, 0.1) is 28.1 Å². The second kappa shape index (κ2) is 14.1. The molecule has 0 bridgehead atoms. The number of nitrogens with zero attached hydrogens (tertiary/aromatic N) is 2. The number of hydrogen-bond acceptors (Lipinski definition) is 1. The molecule has 0 radical (unpaired) electrons. The van der Waals surface area contributed by atoms with Gasteiger partial charge >= 0.3 is 0 Å². The first-order chi connectivity index (χ1) is 31.2. The summed E-state index contributed by atoms with van der Waals surface area (Å²) in [6.45, 7) is 0. The zero-order valence-corrected chi connectivity index (χ0v) is 34.3. The highest BCUT2D eigenvalue weighted by atomic mass is 15.0. The lowest BCUT2D eigenvalue weighted by molar-refractivity contribution is 1.16. The quantitative estimate of drug-likeness (QED) is 0.159. The van der Waals surface area contributed by atoms with Gasteiger partial charge < -0.3 is 4.57 Å². The number of fused-ring (bicyclic) bond motifs is 11. The first-order valence-corrected chi connectivity index (χ1v) is 21.7. The largest absolute Gasteiger partial charge is 0.309 e. The van der Waals surface area contributed by atoms with E-state index in [-0.39, 0.29) is 0 Å². The van der Waals surface area contributed by atoms with E-state index >= 15 is 0 Å². The zero-order chi connectivity index (χ0) is 41.4. The fourth-order valence-electron chi connectivity index (χ4n) is 10.1. The summed E-state index contributed by atoms with van der Waals surface area (Å²) in [4.78, 5) is 5.29. The van der Waals surface area contributed by atoms with Gasteiger partial charge in [0.1, 0.15) is 0 Å². The lowest BCUT2D eigenvalue weighted by atomic mass is 9.90. The predicted octanol–water partition coefficient (Wildman–Crippen LogP) is 16.6. The summed E-state index contributed by atoms with van der Waals surface area (Å²) in [5.41, 5.74) is 12.3. The number of benzene rings is 11. The van der Waals surface area contributed by atoms with E-state index in [2.05, 4.69) is 235 Å². The molecular formula is C61H38N2. The number of aromatic nitrogens is 2. The summed E-state index contributed by atoms with van der Waals surface area (Å²) in [6.07, 6.45) is 0. The molecule has 2 nitrogen and oxygen atoms in total. The molecule has 0 N–H and O–H groups in total. The van der Waals surface area contributed by atoms with Gasteiger partial charge in [0.15, 0.2) is 0 Å². The first-order valence-electron chi connectivity index (χ1n) is 21.7. The summed E-state index contributed by atoms with van der Waals surface area (Å²) in [7, 11) is 0. The molecule has 13 rings (SSSR count). The van der Waals surface area contributed by atoms with Crippen LogP contribution in [-0.2, 0) is 0 Å². The minimum atomic E-state index is 0.938. The van der Waals surface area contributed by atoms with Crippen LogP contribution in [0.1, 0.15) is 0 Å². The lowest BCUT2D eigenvalue weighted by Gasteiger charge is -2.15. The van der Waals surface area contributed by atoms with Crippen molar-refractivity contribution < 1.29 is 0 Å². The lowest BCUT2D eigenvalue weighted by Crippen LogP contribution is -1.98. The van der Waals surface area contributed by atoms with Crippen molar-refractivity contribution in [3.8, 4) is 50.5 Å². The van der Waals surface area contributed by atoms with Gasteiger partial charge in [-0.25, -0.2) is 4.98 Å². The second-order valence-corrected chi connectivity index (χ2v) is 16.7. The standard InChI is InChI=1S/C61H38N2/c1-3-16-41(17-4-1)58-35-47(36-59(62-58)42-18-5-2-6-19-42)63-60-31-29-46(49-25-13-21-40-15-9-10-22-48(40)49)34-56(60)57-37-54-53-33-45(44-27-26-39-14-7-8-20-43(39)32-44)28-30-52(53)50-23-11-12-24-51(50)55(54)38-61(57)63/h1-38H. The molecule has 0 amide bonds. The van der Waals surface area contributed by atoms with Gasteiger partial charge in [-0.1, -0.05) is 182 Å². The SMILES string of the molecule is c1ccc(-c2cc(-n3c4ccc(-c5cccc6ccccc56)cc4c4cc5c6cc(-c7ccc8ccccc8c7)ccc6c6ccccc6c5cc43)cc(-c3ccccc3)n2)cc1. The van der Waals surface area contributed by atoms with E-state index in [1.807, 2.05) is 0 Å². The summed E-state index contributed by atoms with van der Waals surface area (Å²) in [6, 6.07) is 84.4. The van der Waals surface area contributed by atoms with E-state index in [0.717, 1.165) is 39.2 Å². The molecule has 0 fully saturated rings. The zero-order valence-electron chi connectivity index (χ0n) is 34.3. The average molecular weight is 799 g/mol. The number of pyridine rings is 1. The van der Waals surface area contributed by atoms with Gasteiger partial charge in [-0.15, -0.1) is 0 Å². The van der Waals surface area contributed by atoms with Crippen LogP contribution in [0.2, 0.25) is 0 Å². The minimum absolute atomic E-state index is 0.938. The Morgan fingerprint density at radius 3 is 1.54 bits per heavy atom. The maximum Gasteiger partial charge on any atom is 0.0730 e. The Balaban J connectivity index is 1.15. The molecule has 0 aliphatic carbocycles. The second-order valence-electron chi connectivity index (χ2n) is 16.7. The summed E-state index contributed by atoms with van der Waals surface area (Å²) >= 11 is 0. The number of hydrogen-bond donors (Lipinski definition) is 0. The van der Waals surface area contributed by atoms with Crippen molar-refractivity contribution in [2.45, 2.75) is 0 Å². The van der Waals surface area contributed by atoms with Crippen LogP contribution in [0.25, 0.3) is 126 Å². The van der Waals surface area contributed by atoms with Crippen LogP contribution >= 0.6 is 0 Å². The van der Waals surface area contributed by atoms with Crippen molar-refractivity contribution in [2.24, 2.45) is 0 Å². The van der Waals surface area contributed by atoms with Crippen molar-refractivity contribution in [3.05, 3.63) is 231 Å². The maximum absolute atomic E-state index is 5.29. The van der Waals surface area contributed by atoms with Crippen molar-refractivity contribution in [2.75, 3.05) is 0 Å². The fourth-order valence-corrected chi connectivity index (χ4v) is 10.1. The van der Waals surface area contributed by atoms with Gasteiger partial charge in [0, 0.05) is 21.9 Å². The highest BCUT2D eigenvalue weighted by Crippen LogP contribution is 2.44. The van der Waals surface area contributed by atoms with Crippen molar-refractivity contribution in [3.63, 3.8) is 0 Å². The predicted molar refractivity (Wildman–Crippen MR) is 268 cm³/mol. The molecule has 0 atom stereocenters. The highest BCUT2D eigenvalue weighted by Gasteiger charge is 2.20. The van der Waals surface area contributed by atoms with E-state index in [4.69, 9.17) is 4.98 Å². The molecule has 0 saturated heterocycles. The molecule has 0 spiro atoms. The van der Waals surface area contributed by atoms with Crippen molar-refractivity contribution >= 4 is 75.7 Å². The highest BCUT2D eigenvalue weighted by molar-refractivity contribution is 6.29. The van der Waals surface area contributed by atoms with Crippen LogP contribution in [0.4, 0.5) is 0 Å². The van der Waals surface area contributed by atoms with Gasteiger partial charge in [-0.2, -0.15) is 0 Å². The Kier molecular flexibility index (Phi) is 7.94. The van der Waals surface area contributed by atoms with Gasteiger partial charge in [0.2, 0.25) is 0 Å². The molecule has 0 aliphatic rings. The third kappa shape index (κ3) is 5.76. The third-order valence-electron chi connectivity index (χ3n) is 13.1. The molecular weight excluding hydrogens is 761 g/mol. The molecule has 0 aliphatic heterocycles. The van der Waals surface area contributed by atoms with Crippen LogP contribution in [0.5, 0.6) is 0 Å². The fraction of sp³-hybridized carbons (Fsp3) is 0. The van der Waals surface area contributed by atoms with Gasteiger partial charge in [0.25, 0.3) is 0 Å². The van der Waals surface area contributed by atoms with Crippen LogP contribution in [0, 0.1) is 0 Å².